The molecule has 4 rings (SSSR count). The standard InChI is InChI=1S/C32H31NO3S/c1-22-8-3-6-13-27(22)29-21-24(10-7-9-23-14-16-25-11-4-5-12-26(25)20-23)15-17-28(29)31(34)33-30(32(35)36)18-19-37-2/h3-8,10-17,20-21,30H,9,18-19H2,1-2H3,(H,33,34)(H,35,36)/b10-7+. The fourth-order valence-electron chi connectivity index (χ4n) is 4.39. The Morgan fingerprint density at radius 2 is 1.68 bits per heavy atom. The van der Waals surface area contributed by atoms with E-state index in [0.29, 0.717) is 17.7 Å². The largest absolute Gasteiger partial charge is 0.480 e. The number of allylic oxidation sites excluding steroid dienone is 1. The fraction of sp³-hybridized carbons (Fsp3) is 0.188. The second kappa shape index (κ2) is 12.4. The number of nitrogens with one attached hydrogen (secondary N) is 1. The molecule has 0 aliphatic rings. The first kappa shape index (κ1) is 26.2. The van der Waals surface area contributed by atoms with Crippen LogP contribution in [0, 0.1) is 6.92 Å². The number of aliphatic carboxylic acids is 1. The second-order valence-electron chi connectivity index (χ2n) is 9.05. The van der Waals surface area contributed by atoms with Crippen molar-refractivity contribution in [3.8, 4) is 11.1 Å². The van der Waals surface area contributed by atoms with Crippen molar-refractivity contribution < 1.29 is 14.7 Å². The molecule has 0 heterocycles. The lowest BCUT2D eigenvalue weighted by molar-refractivity contribution is -0.139. The van der Waals surface area contributed by atoms with Gasteiger partial charge in [-0.2, -0.15) is 11.8 Å². The Kier molecular flexibility index (Phi) is 8.81. The van der Waals surface area contributed by atoms with Crippen LogP contribution in [-0.4, -0.2) is 35.0 Å². The Hall–Kier alpha value is -3.83. The van der Waals surface area contributed by atoms with Crippen molar-refractivity contribution in [2.45, 2.75) is 25.8 Å². The third-order valence-electron chi connectivity index (χ3n) is 6.42. The number of carboxylic acid groups (broad SMARTS) is 1. The molecule has 1 unspecified atom stereocenters. The smallest absolute Gasteiger partial charge is 0.326 e. The maximum atomic E-state index is 13.2. The van der Waals surface area contributed by atoms with Crippen molar-refractivity contribution in [3.05, 3.63) is 113 Å². The fourth-order valence-corrected chi connectivity index (χ4v) is 4.86. The number of benzene rings is 4. The lowest BCUT2D eigenvalue weighted by Crippen LogP contribution is -2.41. The minimum absolute atomic E-state index is 0.373. The maximum Gasteiger partial charge on any atom is 0.326 e. The molecular formula is C32H31NO3S. The van der Waals surface area contributed by atoms with Gasteiger partial charge in [0.1, 0.15) is 6.04 Å². The van der Waals surface area contributed by atoms with E-state index in [1.165, 1.54) is 16.3 Å². The quantitative estimate of drug-likeness (QED) is 0.241. The molecule has 1 atom stereocenters. The molecule has 37 heavy (non-hydrogen) atoms. The van der Waals surface area contributed by atoms with Crippen LogP contribution in [0.1, 0.15) is 33.5 Å². The van der Waals surface area contributed by atoms with Crippen LogP contribution in [0.25, 0.3) is 28.0 Å². The molecule has 188 valence electrons. The molecule has 0 aliphatic heterocycles. The van der Waals surface area contributed by atoms with Gasteiger partial charge < -0.3 is 10.4 Å². The van der Waals surface area contributed by atoms with Gasteiger partial charge in [0, 0.05) is 5.56 Å². The highest BCUT2D eigenvalue weighted by Gasteiger charge is 2.22. The Balaban J connectivity index is 1.61. The molecule has 0 spiro atoms. The molecule has 2 N–H and O–H groups in total. The highest BCUT2D eigenvalue weighted by Crippen LogP contribution is 2.29. The number of thioether (sulfide) groups is 1. The predicted molar refractivity (Wildman–Crippen MR) is 155 cm³/mol. The third kappa shape index (κ3) is 6.69. The van der Waals surface area contributed by atoms with E-state index in [9.17, 15) is 14.7 Å². The number of carbonyl (C=O) groups excluding carboxylic acids is 1. The topological polar surface area (TPSA) is 66.4 Å². The summed E-state index contributed by atoms with van der Waals surface area (Å²) in [6.07, 6.45) is 7.28. The highest BCUT2D eigenvalue weighted by atomic mass is 32.2. The van der Waals surface area contributed by atoms with Crippen LogP contribution >= 0.6 is 11.8 Å². The summed E-state index contributed by atoms with van der Waals surface area (Å²) in [7, 11) is 0. The van der Waals surface area contributed by atoms with Crippen molar-refractivity contribution in [3.63, 3.8) is 0 Å². The molecule has 0 radical (unpaired) electrons. The van der Waals surface area contributed by atoms with Gasteiger partial charge in [-0.1, -0.05) is 84.9 Å². The Bertz CT molecular complexity index is 1440. The molecule has 0 aromatic heterocycles. The number of rotatable bonds is 10. The summed E-state index contributed by atoms with van der Waals surface area (Å²) in [6.45, 7) is 2.01. The van der Waals surface area contributed by atoms with E-state index in [4.69, 9.17) is 0 Å². The van der Waals surface area contributed by atoms with Gasteiger partial charge in [-0.05, 0) is 82.5 Å². The molecule has 5 heteroatoms. The molecule has 4 aromatic rings. The van der Waals surface area contributed by atoms with Crippen LogP contribution < -0.4 is 5.32 Å². The first-order valence-corrected chi connectivity index (χ1v) is 13.7. The van der Waals surface area contributed by atoms with Gasteiger partial charge in [0.15, 0.2) is 0 Å². The van der Waals surface area contributed by atoms with Gasteiger partial charge in [-0.3, -0.25) is 4.79 Å². The predicted octanol–water partition coefficient (Wildman–Crippen LogP) is 7.01. The third-order valence-corrected chi connectivity index (χ3v) is 7.06. The zero-order chi connectivity index (χ0) is 26.2. The normalized spacial score (nSPS) is 12.1. The second-order valence-corrected chi connectivity index (χ2v) is 10.0. The Labute approximate surface area is 222 Å². The molecule has 1 amide bonds. The first-order valence-electron chi connectivity index (χ1n) is 12.3. The summed E-state index contributed by atoms with van der Waals surface area (Å²) in [5.41, 5.74) is 5.47. The monoisotopic (exact) mass is 509 g/mol. The summed E-state index contributed by atoms with van der Waals surface area (Å²) in [5.74, 6) is -0.741. The van der Waals surface area contributed by atoms with Crippen molar-refractivity contribution >= 4 is 40.5 Å². The van der Waals surface area contributed by atoms with Gasteiger partial charge in [0.2, 0.25) is 0 Å². The lowest BCUT2D eigenvalue weighted by Gasteiger charge is -2.17. The van der Waals surface area contributed by atoms with E-state index in [-0.39, 0.29) is 5.91 Å². The van der Waals surface area contributed by atoms with Gasteiger partial charge in [0.25, 0.3) is 5.91 Å². The number of hydrogen-bond donors (Lipinski definition) is 2. The molecule has 4 aromatic carbocycles. The molecule has 4 nitrogen and oxygen atoms in total. The number of hydrogen-bond acceptors (Lipinski definition) is 3. The highest BCUT2D eigenvalue weighted by molar-refractivity contribution is 7.98. The van der Waals surface area contributed by atoms with Crippen LogP contribution in [0.4, 0.5) is 0 Å². The van der Waals surface area contributed by atoms with Crippen LogP contribution in [0.5, 0.6) is 0 Å². The molecule has 0 fully saturated rings. The summed E-state index contributed by atoms with van der Waals surface area (Å²) >= 11 is 1.56. The van der Waals surface area contributed by atoms with E-state index in [1.807, 2.05) is 61.7 Å². The van der Waals surface area contributed by atoms with Crippen molar-refractivity contribution in [1.82, 2.24) is 5.32 Å². The van der Waals surface area contributed by atoms with Gasteiger partial charge in [0.05, 0.1) is 0 Å². The summed E-state index contributed by atoms with van der Waals surface area (Å²) < 4.78 is 0. The first-order chi connectivity index (χ1) is 18.0. The number of carboxylic acids is 1. The molecule has 0 saturated heterocycles. The average molecular weight is 510 g/mol. The van der Waals surface area contributed by atoms with Crippen molar-refractivity contribution in [2.24, 2.45) is 0 Å². The Morgan fingerprint density at radius 1 is 0.919 bits per heavy atom. The zero-order valence-corrected chi connectivity index (χ0v) is 21.9. The van der Waals surface area contributed by atoms with Crippen molar-refractivity contribution in [2.75, 3.05) is 12.0 Å². The number of fused-ring (bicyclic) bond motifs is 1. The summed E-state index contributed by atoms with van der Waals surface area (Å²) in [6, 6.07) is 27.5. The number of amides is 1. The van der Waals surface area contributed by atoms with Gasteiger partial charge in [-0.15, -0.1) is 0 Å². The SMILES string of the molecule is CSCCC(NC(=O)c1ccc(/C=C/Cc2ccc3ccccc3c2)cc1-c1ccccc1C)C(=O)O. The lowest BCUT2D eigenvalue weighted by atomic mass is 9.93. The zero-order valence-electron chi connectivity index (χ0n) is 21.1. The number of aryl methyl sites for hydroxylation is 1. The Morgan fingerprint density at radius 3 is 2.43 bits per heavy atom. The van der Waals surface area contributed by atoms with E-state index in [1.54, 1.807) is 17.8 Å². The summed E-state index contributed by atoms with van der Waals surface area (Å²) in [4.78, 5) is 25.0. The number of carbonyl (C=O) groups is 2. The van der Waals surface area contributed by atoms with E-state index in [2.05, 4.69) is 47.8 Å². The van der Waals surface area contributed by atoms with Gasteiger partial charge in [-0.25, -0.2) is 4.79 Å². The van der Waals surface area contributed by atoms with Gasteiger partial charge >= 0.3 is 5.97 Å². The van der Waals surface area contributed by atoms with Crippen LogP contribution in [0.15, 0.2) is 91.0 Å². The van der Waals surface area contributed by atoms with Crippen LogP contribution in [-0.2, 0) is 11.2 Å². The minimum atomic E-state index is -1.02. The van der Waals surface area contributed by atoms with Crippen LogP contribution in [0.3, 0.4) is 0 Å². The molecule has 0 saturated carbocycles. The molecule has 0 aliphatic carbocycles. The minimum Gasteiger partial charge on any atom is -0.480 e. The maximum absolute atomic E-state index is 13.2. The summed E-state index contributed by atoms with van der Waals surface area (Å²) in [5, 5.41) is 14.8. The molecular weight excluding hydrogens is 478 g/mol. The van der Waals surface area contributed by atoms with E-state index < -0.39 is 12.0 Å². The van der Waals surface area contributed by atoms with E-state index >= 15 is 0 Å². The van der Waals surface area contributed by atoms with Crippen molar-refractivity contribution in [1.29, 1.82) is 0 Å². The molecule has 0 bridgehead atoms. The van der Waals surface area contributed by atoms with Crippen LogP contribution in [0.2, 0.25) is 0 Å². The average Bonchev–Trinajstić information content (AvgIpc) is 2.91. The van der Waals surface area contributed by atoms with E-state index in [0.717, 1.165) is 28.7 Å².